The summed E-state index contributed by atoms with van der Waals surface area (Å²) in [6.07, 6.45) is 3.46. The third-order valence-corrected chi connectivity index (χ3v) is 14.6. The molecule has 5 heterocycles. The summed E-state index contributed by atoms with van der Waals surface area (Å²) < 4.78 is 34.8. The standard InChI is InChI=1S/C25H33N4O5PS2/c1-13(2)14-9-10-23(5)17(11-14)32-35(36,37-23)33-19-18-25(19)21(31-22(3,4)34-25)24(6,30-18)16-8-7-15-20(26)27-12-28-29(15)16/h7-8,12,14,17-19,21H,1,9-11H2,2-6H3,(H2,26,27,28)/t14-,17+,18+,19?,21-,23+,24-,25-,35-/m0/s1. The molecule has 7 rings (SSSR count). The molecule has 2 aromatic rings. The van der Waals surface area contributed by atoms with Crippen molar-refractivity contribution in [2.75, 3.05) is 5.73 Å². The fraction of sp³-hybridized carbons (Fsp3) is 0.680. The summed E-state index contributed by atoms with van der Waals surface area (Å²) in [6, 6.07) is 3.86. The highest BCUT2D eigenvalue weighted by Gasteiger charge is 2.88. The third-order valence-electron chi connectivity index (χ3n) is 8.84. The van der Waals surface area contributed by atoms with Crippen LogP contribution in [-0.2, 0) is 40.7 Å². The van der Waals surface area contributed by atoms with Crippen molar-refractivity contribution in [1.29, 1.82) is 0 Å². The van der Waals surface area contributed by atoms with E-state index in [4.69, 9.17) is 40.8 Å². The Morgan fingerprint density at radius 1 is 1.30 bits per heavy atom. The minimum Gasteiger partial charge on any atom is -0.382 e. The Labute approximate surface area is 225 Å². The second-order valence-corrected chi connectivity index (χ2v) is 18.5. The van der Waals surface area contributed by atoms with Gasteiger partial charge in [0.05, 0.1) is 11.8 Å². The van der Waals surface area contributed by atoms with Gasteiger partial charge in [0.2, 0.25) is 5.69 Å². The smallest absolute Gasteiger partial charge is 0.248 e. The molecule has 2 saturated carbocycles. The van der Waals surface area contributed by atoms with Crippen molar-refractivity contribution in [1.82, 2.24) is 14.6 Å². The van der Waals surface area contributed by atoms with E-state index in [0.29, 0.717) is 11.7 Å². The molecule has 3 saturated heterocycles. The molecular weight excluding hydrogens is 531 g/mol. The van der Waals surface area contributed by atoms with Crippen molar-refractivity contribution in [2.24, 2.45) is 5.92 Å². The van der Waals surface area contributed by atoms with Gasteiger partial charge in [0, 0.05) is 4.75 Å². The van der Waals surface area contributed by atoms with Crippen LogP contribution < -0.4 is 5.73 Å². The molecule has 0 radical (unpaired) electrons. The molecule has 12 heteroatoms. The third kappa shape index (κ3) is 3.38. The number of rotatable bonds is 4. The Bertz CT molecular complexity index is 1390. The first-order valence-electron chi connectivity index (χ1n) is 12.8. The van der Waals surface area contributed by atoms with Gasteiger partial charge in [-0.3, -0.25) is 0 Å². The Balaban J connectivity index is 1.18. The molecule has 0 amide bonds. The van der Waals surface area contributed by atoms with Gasteiger partial charge in [0.25, 0.3) is 0 Å². The van der Waals surface area contributed by atoms with Crippen LogP contribution in [0.4, 0.5) is 5.82 Å². The normalized spacial score (nSPS) is 47.5. The van der Waals surface area contributed by atoms with Crippen LogP contribution in [0.3, 0.4) is 0 Å². The summed E-state index contributed by atoms with van der Waals surface area (Å²) in [5.41, 5.74) is 4.62. The van der Waals surface area contributed by atoms with E-state index in [1.807, 2.05) is 32.9 Å². The van der Waals surface area contributed by atoms with Gasteiger partial charge in [-0.2, -0.15) is 5.10 Å². The molecule has 2 aromatic heterocycles. The largest absolute Gasteiger partial charge is 0.382 e. The molecule has 5 aliphatic rings. The number of nitrogen functional groups attached to an aromatic ring is 1. The minimum absolute atomic E-state index is 0.0469. The van der Waals surface area contributed by atoms with Gasteiger partial charge in [-0.05, 0) is 83.7 Å². The summed E-state index contributed by atoms with van der Waals surface area (Å²) in [4.78, 5) is 4.11. The lowest BCUT2D eigenvalue weighted by molar-refractivity contribution is -0.196. The predicted molar refractivity (Wildman–Crippen MR) is 145 cm³/mol. The lowest BCUT2D eigenvalue weighted by Crippen LogP contribution is -2.45. The molecule has 37 heavy (non-hydrogen) atoms. The van der Waals surface area contributed by atoms with Gasteiger partial charge in [-0.25, -0.2) is 9.50 Å². The number of ether oxygens (including phenoxy) is 3. The molecule has 0 aromatic carbocycles. The molecule has 1 unspecified atom stereocenters. The number of allylic oxidation sites excluding steroid dienone is 1. The van der Waals surface area contributed by atoms with E-state index in [1.165, 1.54) is 11.9 Å². The summed E-state index contributed by atoms with van der Waals surface area (Å²) in [5, 5.41) is 4.44. The molecule has 1 spiro atoms. The fourth-order valence-electron chi connectivity index (χ4n) is 6.87. The van der Waals surface area contributed by atoms with E-state index in [2.05, 4.69) is 30.5 Å². The number of hydrogen-bond acceptors (Lipinski definition) is 10. The molecule has 200 valence electrons. The van der Waals surface area contributed by atoms with E-state index in [-0.39, 0.29) is 23.1 Å². The molecule has 9 atom stereocenters. The Hall–Kier alpha value is -1.04. The highest BCUT2D eigenvalue weighted by molar-refractivity contribution is 8.68. The molecule has 9 nitrogen and oxygen atoms in total. The van der Waals surface area contributed by atoms with E-state index in [0.717, 1.165) is 30.5 Å². The van der Waals surface area contributed by atoms with Crippen molar-refractivity contribution < 1.29 is 23.3 Å². The first kappa shape index (κ1) is 25.0. The maximum atomic E-state index is 6.72. The van der Waals surface area contributed by atoms with Gasteiger partial charge in [0.1, 0.15) is 35.8 Å². The van der Waals surface area contributed by atoms with Crippen LogP contribution in [-0.4, -0.2) is 55.1 Å². The van der Waals surface area contributed by atoms with Crippen molar-refractivity contribution in [3.8, 4) is 0 Å². The SMILES string of the molecule is C=C(C)[C@H]1CC[C@@]2(C)S[P@](=S)(OC3[C@H]4O[C@@](C)(c5ccc6c(N)ncnn56)[C@@H]5OC(C)(C)O[C@]345)O[C@@H]2C1. The number of nitrogens with zero attached hydrogens (tertiary/aromatic N) is 3. The minimum atomic E-state index is -2.63. The van der Waals surface area contributed by atoms with E-state index in [1.54, 1.807) is 15.9 Å². The van der Waals surface area contributed by atoms with Crippen LogP contribution >= 0.6 is 17.1 Å². The van der Waals surface area contributed by atoms with Crippen molar-refractivity contribution in [3.63, 3.8) is 0 Å². The van der Waals surface area contributed by atoms with Crippen LogP contribution in [0, 0.1) is 5.92 Å². The van der Waals surface area contributed by atoms with Crippen LogP contribution in [0.2, 0.25) is 0 Å². The molecule has 5 fully saturated rings. The number of fused-ring (bicyclic) bond motifs is 2. The Kier molecular flexibility index (Phi) is 5.11. The van der Waals surface area contributed by atoms with Crippen LogP contribution in [0.5, 0.6) is 0 Å². The molecule has 0 bridgehead atoms. The molecule has 3 aliphatic heterocycles. The van der Waals surface area contributed by atoms with Crippen LogP contribution in [0.1, 0.15) is 59.6 Å². The zero-order valence-electron chi connectivity index (χ0n) is 21.7. The van der Waals surface area contributed by atoms with Crippen molar-refractivity contribution >= 4 is 40.2 Å². The quantitative estimate of drug-likeness (QED) is 0.415. The van der Waals surface area contributed by atoms with Crippen molar-refractivity contribution in [2.45, 2.75) is 100 Å². The first-order chi connectivity index (χ1) is 17.3. The summed E-state index contributed by atoms with van der Waals surface area (Å²) in [7, 11) is 0. The summed E-state index contributed by atoms with van der Waals surface area (Å²) >= 11 is 7.82. The van der Waals surface area contributed by atoms with E-state index < -0.39 is 28.8 Å². The highest BCUT2D eigenvalue weighted by atomic mass is 32.9. The molecule has 2 N–H and O–H groups in total. The lowest BCUT2D eigenvalue weighted by atomic mass is 9.77. The van der Waals surface area contributed by atoms with Crippen LogP contribution in [0.15, 0.2) is 30.6 Å². The maximum Gasteiger partial charge on any atom is 0.248 e. The lowest BCUT2D eigenvalue weighted by Gasteiger charge is -2.37. The van der Waals surface area contributed by atoms with Gasteiger partial charge in [-0.15, -0.1) is 0 Å². The van der Waals surface area contributed by atoms with E-state index in [9.17, 15) is 0 Å². The fourth-order valence-corrected chi connectivity index (χ4v) is 14.4. The van der Waals surface area contributed by atoms with Crippen molar-refractivity contribution in [3.05, 3.63) is 36.3 Å². The second kappa shape index (κ2) is 7.57. The predicted octanol–water partition coefficient (Wildman–Crippen LogP) is 4.71. The number of aromatic nitrogens is 3. The van der Waals surface area contributed by atoms with Gasteiger partial charge in [-0.1, -0.05) is 23.5 Å². The van der Waals surface area contributed by atoms with Gasteiger partial charge in [0.15, 0.2) is 17.2 Å². The molecular formula is C25H33N4O5PS2. The first-order valence-corrected chi connectivity index (χ1v) is 16.8. The van der Waals surface area contributed by atoms with E-state index >= 15 is 0 Å². The van der Waals surface area contributed by atoms with Gasteiger partial charge < -0.3 is 29.0 Å². The number of nitrogens with two attached hydrogens (primary N) is 1. The number of hydrogen-bond donors (Lipinski definition) is 1. The zero-order valence-corrected chi connectivity index (χ0v) is 24.2. The Morgan fingerprint density at radius 2 is 2.08 bits per heavy atom. The van der Waals surface area contributed by atoms with Gasteiger partial charge >= 0.3 is 0 Å². The Morgan fingerprint density at radius 3 is 2.84 bits per heavy atom. The zero-order chi connectivity index (χ0) is 26.2. The topological polar surface area (TPSA) is 102 Å². The average Bonchev–Trinajstić information content (AvgIpc) is 3.24. The second-order valence-electron chi connectivity index (χ2n) is 11.9. The summed E-state index contributed by atoms with van der Waals surface area (Å²) in [6.45, 7) is 14.4. The monoisotopic (exact) mass is 564 g/mol. The average molecular weight is 565 g/mol. The molecule has 2 aliphatic carbocycles. The van der Waals surface area contributed by atoms with Crippen LogP contribution in [0.25, 0.3) is 5.52 Å². The summed E-state index contributed by atoms with van der Waals surface area (Å²) in [5.74, 6) is 0.0676. The number of anilines is 1. The highest BCUT2D eigenvalue weighted by Crippen LogP contribution is 2.79. The maximum absolute atomic E-state index is 6.72.